The zero-order valence-corrected chi connectivity index (χ0v) is 12.6. The van der Waals surface area contributed by atoms with Crippen LogP contribution in [0.2, 0.25) is 5.02 Å². The predicted octanol–water partition coefficient (Wildman–Crippen LogP) is 3.89. The summed E-state index contributed by atoms with van der Waals surface area (Å²) in [6, 6.07) is 10.8. The molecule has 0 fully saturated rings. The lowest BCUT2D eigenvalue weighted by Gasteiger charge is -2.26. The van der Waals surface area contributed by atoms with Crippen LogP contribution in [-0.4, -0.2) is 17.9 Å². The van der Waals surface area contributed by atoms with Crippen molar-refractivity contribution in [1.29, 1.82) is 0 Å². The maximum absolute atomic E-state index is 13.0. The van der Waals surface area contributed by atoms with Gasteiger partial charge in [0.05, 0.1) is 22.3 Å². The van der Waals surface area contributed by atoms with Crippen LogP contribution in [0.5, 0.6) is 0 Å². The molecule has 2 aromatic rings. The van der Waals surface area contributed by atoms with E-state index >= 15 is 0 Å². The first-order chi connectivity index (χ1) is 9.91. The van der Waals surface area contributed by atoms with Crippen molar-refractivity contribution in [3.8, 4) is 0 Å². The molecule has 2 rings (SSSR count). The van der Waals surface area contributed by atoms with Gasteiger partial charge in [0.1, 0.15) is 5.82 Å². The fourth-order valence-electron chi connectivity index (χ4n) is 2.05. The standard InChI is InChI=1S/C16H16ClFN2O/c1-10(11-6-8-12(18)9-7-11)20(2)16(21)13-4-3-5-14(19)15(13)17/h3-10H,19H2,1-2H3. The van der Waals surface area contributed by atoms with E-state index in [9.17, 15) is 9.18 Å². The molecule has 2 aromatic carbocycles. The van der Waals surface area contributed by atoms with Crippen molar-refractivity contribution in [3.63, 3.8) is 0 Å². The van der Waals surface area contributed by atoms with E-state index in [1.54, 1.807) is 42.3 Å². The lowest BCUT2D eigenvalue weighted by molar-refractivity contribution is 0.0743. The van der Waals surface area contributed by atoms with Crippen LogP contribution in [0.25, 0.3) is 0 Å². The van der Waals surface area contributed by atoms with Crippen LogP contribution in [0.3, 0.4) is 0 Å². The van der Waals surface area contributed by atoms with Crippen molar-refractivity contribution < 1.29 is 9.18 Å². The Hall–Kier alpha value is -2.07. The zero-order chi connectivity index (χ0) is 15.6. The van der Waals surface area contributed by atoms with Gasteiger partial charge in [0.2, 0.25) is 0 Å². The molecule has 2 N–H and O–H groups in total. The summed E-state index contributed by atoms with van der Waals surface area (Å²) in [6.07, 6.45) is 0. The predicted molar refractivity (Wildman–Crippen MR) is 82.8 cm³/mol. The van der Waals surface area contributed by atoms with Gasteiger partial charge in [-0.15, -0.1) is 0 Å². The highest BCUT2D eigenvalue weighted by Crippen LogP contribution is 2.27. The van der Waals surface area contributed by atoms with Gasteiger partial charge in [0.25, 0.3) is 5.91 Å². The summed E-state index contributed by atoms with van der Waals surface area (Å²) in [5.74, 6) is -0.539. The van der Waals surface area contributed by atoms with Gasteiger partial charge in [0.15, 0.2) is 0 Å². The van der Waals surface area contributed by atoms with Crippen LogP contribution in [0.1, 0.15) is 28.9 Å². The number of hydrogen-bond acceptors (Lipinski definition) is 2. The van der Waals surface area contributed by atoms with Gasteiger partial charge < -0.3 is 10.6 Å². The molecule has 0 aliphatic carbocycles. The lowest BCUT2D eigenvalue weighted by Crippen LogP contribution is -2.30. The third-order valence-electron chi connectivity index (χ3n) is 3.51. The molecule has 1 atom stereocenters. The van der Waals surface area contributed by atoms with E-state index in [1.165, 1.54) is 12.1 Å². The van der Waals surface area contributed by atoms with Crippen molar-refractivity contribution in [3.05, 3.63) is 64.4 Å². The number of anilines is 1. The average molecular weight is 307 g/mol. The third-order valence-corrected chi connectivity index (χ3v) is 3.93. The SMILES string of the molecule is CC(c1ccc(F)cc1)N(C)C(=O)c1cccc(N)c1Cl. The van der Waals surface area contributed by atoms with Crippen molar-refractivity contribution >= 4 is 23.2 Å². The van der Waals surface area contributed by atoms with Crippen LogP contribution in [-0.2, 0) is 0 Å². The second kappa shape index (κ2) is 6.14. The molecule has 3 nitrogen and oxygen atoms in total. The van der Waals surface area contributed by atoms with Gasteiger partial charge in [-0.05, 0) is 36.8 Å². The maximum Gasteiger partial charge on any atom is 0.255 e. The Balaban J connectivity index is 2.26. The minimum Gasteiger partial charge on any atom is -0.398 e. The molecule has 0 aromatic heterocycles. The first-order valence-electron chi connectivity index (χ1n) is 6.48. The number of nitrogen functional groups attached to an aromatic ring is 1. The largest absolute Gasteiger partial charge is 0.398 e. The molecular formula is C16H16ClFN2O. The fraction of sp³-hybridized carbons (Fsp3) is 0.188. The van der Waals surface area contributed by atoms with Gasteiger partial charge in [0, 0.05) is 7.05 Å². The topological polar surface area (TPSA) is 46.3 Å². The Morgan fingerprint density at radius 2 is 1.86 bits per heavy atom. The normalized spacial score (nSPS) is 12.0. The smallest absolute Gasteiger partial charge is 0.255 e. The molecule has 0 aliphatic rings. The van der Waals surface area contributed by atoms with E-state index in [4.69, 9.17) is 17.3 Å². The molecule has 5 heteroatoms. The molecule has 0 bridgehead atoms. The van der Waals surface area contributed by atoms with Crippen LogP contribution >= 0.6 is 11.6 Å². The number of carbonyl (C=O) groups excluding carboxylic acids is 1. The fourth-order valence-corrected chi connectivity index (χ4v) is 2.25. The third kappa shape index (κ3) is 3.16. The Kier molecular flexibility index (Phi) is 4.48. The number of nitrogens with two attached hydrogens (primary N) is 1. The molecular weight excluding hydrogens is 291 g/mol. The van der Waals surface area contributed by atoms with E-state index in [0.717, 1.165) is 5.56 Å². The maximum atomic E-state index is 13.0. The summed E-state index contributed by atoms with van der Waals surface area (Å²) < 4.78 is 13.0. The minimum absolute atomic E-state index is 0.212. The lowest BCUT2D eigenvalue weighted by atomic mass is 10.1. The van der Waals surface area contributed by atoms with Gasteiger partial charge in [-0.1, -0.05) is 29.8 Å². The van der Waals surface area contributed by atoms with E-state index in [0.29, 0.717) is 11.3 Å². The highest BCUT2D eigenvalue weighted by atomic mass is 35.5. The number of rotatable bonds is 3. The summed E-state index contributed by atoms with van der Waals surface area (Å²) in [4.78, 5) is 14.1. The summed E-state index contributed by atoms with van der Waals surface area (Å²) >= 11 is 6.08. The number of halogens is 2. The summed E-state index contributed by atoms with van der Waals surface area (Å²) in [6.45, 7) is 1.87. The number of benzene rings is 2. The molecule has 0 saturated heterocycles. The van der Waals surface area contributed by atoms with E-state index < -0.39 is 0 Å². The number of nitrogens with zero attached hydrogens (tertiary/aromatic N) is 1. The first kappa shape index (κ1) is 15.3. The van der Waals surface area contributed by atoms with Crippen molar-refractivity contribution in [2.45, 2.75) is 13.0 Å². The van der Waals surface area contributed by atoms with Crippen molar-refractivity contribution in [2.75, 3.05) is 12.8 Å². The van der Waals surface area contributed by atoms with Crippen LogP contribution in [0.4, 0.5) is 10.1 Å². The second-order valence-electron chi connectivity index (χ2n) is 4.85. The van der Waals surface area contributed by atoms with Crippen LogP contribution in [0, 0.1) is 5.82 Å². The molecule has 110 valence electrons. The highest BCUT2D eigenvalue weighted by Gasteiger charge is 2.21. The van der Waals surface area contributed by atoms with Gasteiger partial charge >= 0.3 is 0 Å². The van der Waals surface area contributed by atoms with Gasteiger partial charge in [-0.25, -0.2) is 4.39 Å². The minimum atomic E-state index is -0.307. The quantitative estimate of drug-likeness (QED) is 0.874. The Morgan fingerprint density at radius 1 is 1.24 bits per heavy atom. The summed E-state index contributed by atoms with van der Waals surface area (Å²) in [7, 11) is 1.68. The summed E-state index contributed by atoms with van der Waals surface area (Å²) in [5, 5.41) is 0.251. The number of hydrogen-bond donors (Lipinski definition) is 1. The Labute approximate surface area is 128 Å². The molecule has 21 heavy (non-hydrogen) atoms. The number of carbonyl (C=O) groups is 1. The van der Waals surface area contributed by atoms with E-state index in [-0.39, 0.29) is 22.8 Å². The monoisotopic (exact) mass is 306 g/mol. The van der Waals surface area contributed by atoms with E-state index in [1.807, 2.05) is 6.92 Å². The molecule has 1 unspecified atom stereocenters. The van der Waals surface area contributed by atoms with Crippen molar-refractivity contribution in [2.24, 2.45) is 0 Å². The number of amides is 1. The highest BCUT2D eigenvalue weighted by molar-refractivity contribution is 6.36. The second-order valence-corrected chi connectivity index (χ2v) is 5.23. The molecule has 1 amide bonds. The molecule has 0 aliphatic heterocycles. The Morgan fingerprint density at radius 3 is 2.48 bits per heavy atom. The molecule has 0 saturated carbocycles. The van der Waals surface area contributed by atoms with Gasteiger partial charge in [-0.2, -0.15) is 0 Å². The van der Waals surface area contributed by atoms with Crippen LogP contribution < -0.4 is 5.73 Å². The Bertz CT molecular complexity index is 658. The zero-order valence-electron chi connectivity index (χ0n) is 11.8. The average Bonchev–Trinajstić information content (AvgIpc) is 2.48. The van der Waals surface area contributed by atoms with Gasteiger partial charge in [-0.3, -0.25) is 4.79 Å². The van der Waals surface area contributed by atoms with E-state index in [2.05, 4.69) is 0 Å². The first-order valence-corrected chi connectivity index (χ1v) is 6.86. The molecule has 0 heterocycles. The van der Waals surface area contributed by atoms with Crippen molar-refractivity contribution in [1.82, 2.24) is 4.90 Å². The summed E-state index contributed by atoms with van der Waals surface area (Å²) in [5.41, 5.74) is 7.28. The molecule has 0 spiro atoms. The van der Waals surface area contributed by atoms with Crippen LogP contribution in [0.15, 0.2) is 42.5 Å². The molecule has 0 radical (unpaired) electrons.